The number of fused-ring (bicyclic) bond motifs is 11. The third-order valence-electron chi connectivity index (χ3n) is 10.2. The Bertz CT molecular complexity index is 2880. The first-order valence-corrected chi connectivity index (χ1v) is 16.9. The Morgan fingerprint density at radius 1 is 0.560 bits per heavy atom. The molecule has 9 aromatic rings. The molecule has 50 heavy (non-hydrogen) atoms. The summed E-state index contributed by atoms with van der Waals surface area (Å²) in [6.45, 7) is 0. The standard InChI is InChI=1S/C45H28N2O3/c1-2-8-28(9-3-1)45-46-38-21-16-27-14-15-29-24-30(17-20-33(29)43(27)44(38)50-45)47(31-18-22-41-36(25-31)34-10-4-6-12-39(34)48-41)32-19-23-42-37(26-32)35-11-5-7-13-40(35)49-42/h1-26,34,39H. The second kappa shape index (κ2) is 10.5. The molecule has 2 unspecified atom stereocenters. The zero-order valence-electron chi connectivity index (χ0n) is 26.8. The van der Waals surface area contributed by atoms with Crippen LogP contribution in [0.15, 0.2) is 167 Å². The highest BCUT2D eigenvalue weighted by Gasteiger charge is 2.33. The number of benzene rings is 7. The number of oxazole rings is 1. The molecule has 0 amide bonds. The van der Waals surface area contributed by atoms with Crippen molar-refractivity contribution in [1.82, 2.24) is 4.98 Å². The first-order valence-electron chi connectivity index (χ1n) is 16.9. The summed E-state index contributed by atoms with van der Waals surface area (Å²) >= 11 is 0. The van der Waals surface area contributed by atoms with Crippen molar-refractivity contribution in [3.8, 4) is 17.2 Å². The van der Waals surface area contributed by atoms with E-state index in [1.165, 1.54) is 5.56 Å². The number of furan rings is 1. The highest BCUT2D eigenvalue weighted by Crippen LogP contribution is 2.46. The molecule has 2 aromatic heterocycles. The summed E-state index contributed by atoms with van der Waals surface area (Å²) in [7, 11) is 0. The molecule has 0 N–H and O–H groups in total. The van der Waals surface area contributed by atoms with Crippen LogP contribution >= 0.6 is 0 Å². The number of para-hydroxylation sites is 1. The molecule has 0 bridgehead atoms. The van der Waals surface area contributed by atoms with E-state index in [0.29, 0.717) is 5.89 Å². The van der Waals surface area contributed by atoms with Gasteiger partial charge >= 0.3 is 0 Å². The molecular weight excluding hydrogens is 617 g/mol. The van der Waals surface area contributed by atoms with Gasteiger partial charge < -0.3 is 18.5 Å². The number of rotatable bonds is 4. The van der Waals surface area contributed by atoms with E-state index in [4.69, 9.17) is 18.6 Å². The summed E-state index contributed by atoms with van der Waals surface area (Å²) in [6, 6.07) is 46.6. The maximum atomic E-state index is 6.49. The van der Waals surface area contributed by atoms with Gasteiger partial charge in [0.05, 0.1) is 0 Å². The quantitative estimate of drug-likeness (QED) is 0.178. The predicted molar refractivity (Wildman–Crippen MR) is 202 cm³/mol. The molecule has 0 spiro atoms. The van der Waals surface area contributed by atoms with Crippen molar-refractivity contribution < 1.29 is 13.6 Å². The maximum absolute atomic E-state index is 6.49. The second-order valence-corrected chi connectivity index (χ2v) is 13.1. The fourth-order valence-corrected chi connectivity index (χ4v) is 7.83. The largest absolute Gasteiger partial charge is 0.485 e. The lowest BCUT2D eigenvalue weighted by Gasteiger charge is -2.26. The Hall–Kier alpha value is -6.59. The van der Waals surface area contributed by atoms with Crippen LogP contribution < -0.4 is 9.64 Å². The van der Waals surface area contributed by atoms with Crippen LogP contribution in [0.3, 0.4) is 0 Å². The van der Waals surface area contributed by atoms with Gasteiger partial charge in [-0.15, -0.1) is 0 Å². The van der Waals surface area contributed by atoms with Gasteiger partial charge in [0.25, 0.3) is 0 Å². The van der Waals surface area contributed by atoms with Crippen LogP contribution in [-0.2, 0) is 0 Å². The van der Waals surface area contributed by atoms with Gasteiger partial charge in [-0.25, -0.2) is 4.98 Å². The van der Waals surface area contributed by atoms with Gasteiger partial charge in [0.15, 0.2) is 5.58 Å². The summed E-state index contributed by atoms with van der Waals surface area (Å²) in [4.78, 5) is 7.20. The third kappa shape index (κ3) is 4.10. The number of hydrogen-bond acceptors (Lipinski definition) is 5. The molecule has 2 aliphatic rings. The van der Waals surface area contributed by atoms with E-state index >= 15 is 0 Å². The summed E-state index contributed by atoms with van der Waals surface area (Å²) in [5.41, 5.74) is 8.72. The van der Waals surface area contributed by atoms with E-state index in [9.17, 15) is 0 Å². The average molecular weight is 645 g/mol. The van der Waals surface area contributed by atoms with Crippen molar-refractivity contribution in [2.24, 2.45) is 0 Å². The van der Waals surface area contributed by atoms with E-state index in [2.05, 4.69) is 114 Å². The lowest BCUT2D eigenvalue weighted by atomic mass is 9.91. The Labute approximate surface area is 286 Å². The van der Waals surface area contributed by atoms with Gasteiger partial charge in [0.2, 0.25) is 5.89 Å². The summed E-state index contributed by atoms with van der Waals surface area (Å²) in [6.07, 6.45) is 8.59. The molecular formula is C45H28N2O3. The van der Waals surface area contributed by atoms with Crippen molar-refractivity contribution in [1.29, 1.82) is 0 Å². The average Bonchev–Trinajstić information content (AvgIpc) is 3.88. The molecule has 236 valence electrons. The van der Waals surface area contributed by atoms with Crippen LogP contribution in [-0.4, -0.2) is 11.1 Å². The predicted octanol–water partition coefficient (Wildman–Crippen LogP) is 12.1. The smallest absolute Gasteiger partial charge is 0.227 e. The second-order valence-electron chi connectivity index (χ2n) is 13.1. The minimum absolute atomic E-state index is 0.0247. The van der Waals surface area contributed by atoms with Gasteiger partial charge in [0, 0.05) is 50.3 Å². The molecule has 3 heterocycles. The number of anilines is 3. The number of ether oxygens (including phenoxy) is 1. The molecule has 0 radical (unpaired) electrons. The van der Waals surface area contributed by atoms with Crippen LogP contribution in [0.1, 0.15) is 11.5 Å². The minimum Gasteiger partial charge on any atom is -0.485 e. The molecule has 7 aromatic carbocycles. The Morgan fingerprint density at radius 2 is 1.32 bits per heavy atom. The van der Waals surface area contributed by atoms with E-state index in [1.54, 1.807) is 0 Å². The highest BCUT2D eigenvalue weighted by atomic mass is 16.5. The zero-order valence-corrected chi connectivity index (χ0v) is 26.8. The molecule has 0 saturated heterocycles. The fourth-order valence-electron chi connectivity index (χ4n) is 7.83. The van der Waals surface area contributed by atoms with Gasteiger partial charge in [-0.05, 0) is 95.0 Å². The molecule has 5 heteroatoms. The lowest BCUT2D eigenvalue weighted by Crippen LogP contribution is -2.15. The number of allylic oxidation sites excluding steroid dienone is 2. The van der Waals surface area contributed by atoms with Crippen molar-refractivity contribution in [2.45, 2.75) is 12.0 Å². The van der Waals surface area contributed by atoms with Gasteiger partial charge in [-0.3, -0.25) is 0 Å². The van der Waals surface area contributed by atoms with Gasteiger partial charge in [-0.2, -0.15) is 0 Å². The summed E-state index contributed by atoms with van der Waals surface area (Å²) < 4.78 is 19.0. The molecule has 0 saturated carbocycles. The SMILES string of the molecule is C1=CC2Oc3ccc(N(c4ccc5c(ccc6ccc7nc(-c8ccccc8)oc7c65)c4)c4ccc5oc6ccccc6c5c4)cc3C2C=C1. The first-order chi connectivity index (χ1) is 24.7. The van der Waals surface area contributed by atoms with Crippen LogP contribution in [0, 0.1) is 0 Å². The van der Waals surface area contributed by atoms with Crippen LogP contribution in [0.4, 0.5) is 17.1 Å². The van der Waals surface area contributed by atoms with Crippen molar-refractivity contribution in [3.63, 3.8) is 0 Å². The third-order valence-corrected chi connectivity index (χ3v) is 10.2. The van der Waals surface area contributed by atoms with Crippen LogP contribution in [0.5, 0.6) is 5.75 Å². The monoisotopic (exact) mass is 644 g/mol. The van der Waals surface area contributed by atoms with Crippen LogP contribution in [0.25, 0.3) is 66.0 Å². The molecule has 5 nitrogen and oxygen atoms in total. The lowest BCUT2D eigenvalue weighted by molar-refractivity contribution is 0.269. The molecule has 11 rings (SSSR count). The Balaban J connectivity index is 1.11. The summed E-state index contributed by atoms with van der Waals surface area (Å²) in [5.74, 6) is 1.75. The Kier molecular flexibility index (Phi) is 5.72. The molecule has 0 fully saturated rings. The van der Waals surface area contributed by atoms with Crippen molar-refractivity contribution in [2.75, 3.05) is 4.90 Å². The van der Waals surface area contributed by atoms with E-state index in [1.807, 2.05) is 48.5 Å². The van der Waals surface area contributed by atoms with Crippen molar-refractivity contribution >= 4 is 71.6 Å². The number of nitrogens with zero attached hydrogens (tertiary/aromatic N) is 2. The number of hydrogen-bond donors (Lipinski definition) is 0. The first kappa shape index (κ1) is 27.4. The fraction of sp³-hybridized carbons (Fsp3) is 0.0444. The van der Waals surface area contributed by atoms with E-state index in [0.717, 1.165) is 83.0 Å². The number of aromatic nitrogens is 1. The Morgan fingerprint density at radius 3 is 2.28 bits per heavy atom. The van der Waals surface area contributed by atoms with Gasteiger partial charge in [-0.1, -0.05) is 78.9 Å². The van der Waals surface area contributed by atoms with Crippen molar-refractivity contribution in [3.05, 3.63) is 163 Å². The maximum Gasteiger partial charge on any atom is 0.227 e. The normalized spacial score (nSPS) is 16.4. The molecule has 2 atom stereocenters. The molecule has 1 aliphatic carbocycles. The molecule has 1 aliphatic heterocycles. The zero-order chi connectivity index (χ0) is 32.8. The van der Waals surface area contributed by atoms with Gasteiger partial charge in [0.1, 0.15) is 28.5 Å². The summed E-state index contributed by atoms with van der Waals surface area (Å²) in [5, 5.41) is 6.60. The highest BCUT2D eigenvalue weighted by molar-refractivity contribution is 6.18. The van der Waals surface area contributed by atoms with Crippen LogP contribution in [0.2, 0.25) is 0 Å². The topological polar surface area (TPSA) is 51.6 Å². The van der Waals surface area contributed by atoms with E-state index < -0.39 is 0 Å². The minimum atomic E-state index is 0.0247. The van der Waals surface area contributed by atoms with E-state index in [-0.39, 0.29) is 12.0 Å².